The fraction of sp³-hybridized carbons (Fsp3) is 0.571. The lowest BCUT2D eigenvalue weighted by Gasteiger charge is -2.24. The van der Waals surface area contributed by atoms with Crippen LogP contribution in [-0.2, 0) is 12.8 Å². The third-order valence-corrected chi connectivity index (χ3v) is 3.82. The summed E-state index contributed by atoms with van der Waals surface area (Å²) in [6.45, 7) is 0. The number of hydrogen-bond acceptors (Lipinski definition) is 1. The zero-order chi connectivity index (χ0) is 11.5. The zero-order valence-electron chi connectivity index (χ0n) is 10.2. The lowest BCUT2D eigenvalue weighted by atomic mass is 9.89. The summed E-state index contributed by atoms with van der Waals surface area (Å²) in [4.78, 5) is 2.19. The molecule has 0 saturated carbocycles. The Morgan fingerprint density at radius 3 is 2.50 bits per heavy atom. The quantitative estimate of drug-likeness (QED) is 0.729. The molecule has 0 fully saturated rings. The smallest absolute Gasteiger partial charge is 0.0477 e. The molecule has 1 nitrogen and oxygen atoms in total. The molecule has 1 aliphatic carbocycles. The minimum atomic E-state index is 0.342. The first-order valence-corrected chi connectivity index (χ1v) is 6.60. The number of fused-ring (bicyclic) bond motifs is 1. The van der Waals surface area contributed by atoms with Crippen LogP contribution in [0.15, 0.2) is 18.2 Å². The molecule has 0 N–H and O–H groups in total. The van der Waals surface area contributed by atoms with Crippen LogP contribution in [0.1, 0.15) is 35.6 Å². The van der Waals surface area contributed by atoms with E-state index in [1.165, 1.54) is 31.2 Å². The fourth-order valence-corrected chi connectivity index (χ4v) is 2.94. The summed E-state index contributed by atoms with van der Waals surface area (Å²) < 4.78 is 0. The second-order valence-corrected chi connectivity index (χ2v) is 5.18. The summed E-state index contributed by atoms with van der Waals surface area (Å²) in [5.74, 6) is 0.659. The van der Waals surface area contributed by atoms with Crippen molar-refractivity contribution in [1.29, 1.82) is 0 Å². The second-order valence-electron chi connectivity index (χ2n) is 4.87. The van der Waals surface area contributed by atoms with E-state index < -0.39 is 0 Å². The van der Waals surface area contributed by atoms with E-state index in [0.29, 0.717) is 11.9 Å². The molecule has 0 spiro atoms. The van der Waals surface area contributed by atoms with Crippen LogP contribution < -0.4 is 0 Å². The van der Waals surface area contributed by atoms with Gasteiger partial charge in [-0.1, -0.05) is 18.2 Å². The van der Waals surface area contributed by atoms with Gasteiger partial charge in [0.05, 0.1) is 0 Å². The van der Waals surface area contributed by atoms with Crippen LogP contribution in [0.25, 0.3) is 0 Å². The summed E-state index contributed by atoms with van der Waals surface area (Å²) in [7, 11) is 4.18. The van der Waals surface area contributed by atoms with Crippen molar-refractivity contribution in [2.75, 3.05) is 20.0 Å². The van der Waals surface area contributed by atoms with E-state index >= 15 is 0 Å². The van der Waals surface area contributed by atoms with E-state index in [0.717, 1.165) is 0 Å². The van der Waals surface area contributed by atoms with E-state index in [9.17, 15) is 0 Å². The Kier molecular flexibility index (Phi) is 3.88. The summed E-state index contributed by atoms with van der Waals surface area (Å²) in [6.07, 6.45) is 5.18. The van der Waals surface area contributed by atoms with Crippen molar-refractivity contribution in [3.05, 3.63) is 34.9 Å². The Hall–Kier alpha value is -0.530. The number of nitrogens with zero attached hydrogens (tertiary/aromatic N) is 1. The molecular formula is C14H20ClN. The highest BCUT2D eigenvalue weighted by Crippen LogP contribution is 2.27. The third-order valence-electron chi connectivity index (χ3n) is 3.53. The molecule has 0 radical (unpaired) electrons. The van der Waals surface area contributed by atoms with Crippen LogP contribution in [0.3, 0.4) is 0 Å². The van der Waals surface area contributed by atoms with Gasteiger partial charge in [-0.3, -0.25) is 0 Å². The van der Waals surface area contributed by atoms with E-state index in [1.54, 1.807) is 11.1 Å². The van der Waals surface area contributed by atoms with E-state index in [4.69, 9.17) is 11.6 Å². The summed E-state index contributed by atoms with van der Waals surface area (Å²) in [6, 6.07) is 7.25. The molecule has 88 valence electrons. The molecule has 0 aromatic heterocycles. The standard InChI is InChI=1S/C14H20ClN/c1-16(2)14(10-15)13-8-7-11-5-3-4-6-12(11)9-13/h7-9,14H,3-6,10H2,1-2H3. The van der Waals surface area contributed by atoms with Crippen molar-refractivity contribution >= 4 is 11.6 Å². The molecule has 2 rings (SSSR count). The van der Waals surface area contributed by atoms with Gasteiger partial charge in [0, 0.05) is 11.9 Å². The number of halogens is 1. The molecule has 1 aromatic rings. The van der Waals surface area contributed by atoms with Gasteiger partial charge in [-0.05, 0) is 56.5 Å². The van der Waals surface area contributed by atoms with Gasteiger partial charge in [-0.2, -0.15) is 0 Å². The Bertz CT molecular complexity index is 360. The highest BCUT2D eigenvalue weighted by atomic mass is 35.5. The van der Waals surface area contributed by atoms with Crippen molar-refractivity contribution in [2.24, 2.45) is 0 Å². The maximum Gasteiger partial charge on any atom is 0.0477 e. The van der Waals surface area contributed by atoms with Gasteiger partial charge < -0.3 is 4.90 Å². The van der Waals surface area contributed by atoms with Crippen LogP contribution in [0.5, 0.6) is 0 Å². The van der Waals surface area contributed by atoms with Gasteiger partial charge in [0.2, 0.25) is 0 Å². The topological polar surface area (TPSA) is 3.24 Å². The molecule has 16 heavy (non-hydrogen) atoms. The molecule has 0 amide bonds. The molecule has 0 bridgehead atoms. The molecule has 1 aliphatic rings. The van der Waals surface area contributed by atoms with Gasteiger partial charge in [-0.25, -0.2) is 0 Å². The fourth-order valence-electron chi connectivity index (χ4n) is 2.49. The second kappa shape index (κ2) is 5.20. The molecule has 0 saturated heterocycles. The average molecular weight is 238 g/mol. The zero-order valence-corrected chi connectivity index (χ0v) is 10.9. The van der Waals surface area contributed by atoms with Crippen LogP contribution in [0.2, 0.25) is 0 Å². The highest BCUT2D eigenvalue weighted by molar-refractivity contribution is 6.18. The van der Waals surface area contributed by atoms with Crippen molar-refractivity contribution in [3.8, 4) is 0 Å². The monoisotopic (exact) mass is 237 g/mol. The molecule has 2 heteroatoms. The summed E-state index contributed by atoms with van der Waals surface area (Å²) in [5.41, 5.74) is 4.45. The Morgan fingerprint density at radius 2 is 1.88 bits per heavy atom. The summed E-state index contributed by atoms with van der Waals surface area (Å²) in [5, 5.41) is 0. The van der Waals surface area contributed by atoms with Crippen molar-refractivity contribution < 1.29 is 0 Å². The molecule has 0 aliphatic heterocycles. The predicted octanol–water partition coefficient (Wildman–Crippen LogP) is 3.41. The predicted molar refractivity (Wildman–Crippen MR) is 70.2 cm³/mol. The number of alkyl halides is 1. The van der Waals surface area contributed by atoms with Crippen LogP contribution in [0.4, 0.5) is 0 Å². The van der Waals surface area contributed by atoms with Gasteiger partial charge in [0.1, 0.15) is 0 Å². The first-order chi connectivity index (χ1) is 7.72. The van der Waals surface area contributed by atoms with Crippen LogP contribution >= 0.6 is 11.6 Å². The lowest BCUT2D eigenvalue weighted by molar-refractivity contribution is 0.324. The molecular weight excluding hydrogens is 218 g/mol. The van der Waals surface area contributed by atoms with Gasteiger partial charge >= 0.3 is 0 Å². The largest absolute Gasteiger partial charge is 0.301 e. The third kappa shape index (κ3) is 2.41. The SMILES string of the molecule is CN(C)C(CCl)c1ccc2c(c1)CCCC2. The Morgan fingerprint density at radius 1 is 1.19 bits per heavy atom. The Balaban J connectivity index is 2.28. The lowest BCUT2D eigenvalue weighted by Crippen LogP contribution is -2.21. The van der Waals surface area contributed by atoms with E-state index in [2.05, 4.69) is 37.2 Å². The maximum atomic E-state index is 6.04. The molecule has 1 atom stereocenters. The van der Waals surface area contributed by atoms with Gasteiger partial charge in [-0.15, -0.1) is 11.6 Å². The van der Waals surface area contributed by atoms with Gasteiger partial charge in [0.25, 0.3) is 0 Å². The van der Waals surface area contributed by atoms with Crippen LogP contribution in [0, 0.1) is 0 Å². The van der Waals surface area contributed by atoms with Crippen molar-refractivity contribution in [3.63, 3.8) is 0 Å². The number of rotatable bonds is 3. The van der Waals surface area contributed by atoms with Crippen molar-refractivity contribution in [1.82, 2.24) is 4.90 Å². The minimum Gasteiger partial charge on any atom is -0.301 e. The molecule has 1 aromatic carbocycles. The van der Waals surface area contributed by atoms with E-state index in [1.807, 2.05) is 0 Å². The van der Waals surface area contributed by atoms with Crippen LogP contribution in [-0.4, -0.2) is 24.9 Å². The number of benzene rings is 1. The number of hydrogen-bond donors (Lipinski definition) is 0. The Labute approximate surface area is 103 Å². The van der Waals surface area contributed by atoms with Gasteiger partial charge in [0.15, 0.2) is 0 Å². The minimum absolute atomic E-state index is 0.342. The first-order valence-electron chi connectivity index (χ1n) is 6.06. The normalized spacial score (nSPS) is 17.2. The maximum absolute atomic E-state index is 6.04. The van der Waals surface area contributed by atoms with E-state index in [-0.39, 0.29) is 0 Å². The molecule has 1 unspecified atom stereocenters. The first kappa shape index (κ1) is 11.9. The van der Waals surface area contributed by atoms with Crippen molar-refractivity contribution in [2.45, 2.75) is 31.7 Å². The average Bonchev–Trinajstić information content (AvgIpc) is 2.29. The number of aryl methyl sites for hydroxylation is 2. The highest BCUT2D eigenvalue weighted by Gasteiger charge is 2.15. The molecule has 0 heterocycles. The summed E-state index contributed by atoms with van der Waals surface area (Å²) >= 11 is 6.04.